The topological polar surface area (TPSA) is 63.7 Å². The fraction of sp³-hybridized carbons (Fsp3) is 0.727. The van der Waals surface area contributed by atoms with Crippen LogP contribution in [0.2, 0.25) is 0 Å². The molecule has 0 saturated carbocycles. The molecule has 5 nitrogen and oxygen atoms in total. The number of fused-ring (bicyclic) bond motifs is 1. The Bertz CT molecular complexity index is 339. The number of amides is 2. The van der Waals surface area contributed by atoms with Gasteiger partial charge < -0.3 is 4.74 Å². The van der Waals surface area contributed by atoms with E-state index in [2.05, 4.69) is 4.74 Å². The minimum atomic E-state index is -0.254. The predicted octanol–water partition coefficient (Wildman–Crippen LogP) is 0.477. The van der Waals surface area contributed by atoms with Crippen LogP contribution in [0.1, 0.15) is 32.1 Å². The lowest BCUT2D eigenvalue weighted by atomic mass is 9.93. The van der Waals surface area contributed by atoms with Crippen molar-refractivity contribution in [1.29, 1.82) is 0 Å². The zero-order valence-corrected chi connectivity index (χ0v) is 9.27. The Morgan fingerprint density at radius 1 is 1.44 bits per heavy atom. The normalized spacial score (nSPS) is 28.4. The van der Waals surface area contributed by atoms with Crippen molar-refractivity contribution in [2.45, 2.75) is 38.1 Å². The standard InChI is InChI=1S/C11H15NO4/c1-16-11(15)5-2-7-6-10(14)12-8(7)3-4-9(12)13/h7-8H,2-6H2,1H3. The van der Waals surface area contributed by atoms with Crippen LogP contribution >= 0.6 is 0 Å². The Hall–Kier alpha value is -1.39. The zero-order chi connectivity index (χ0) is 11.7. The lowest BCUT2D eigenvalue weighted by Crippen LogP contribution is -2.32. The second kappa shape index (κ2) is 4.23. The van der Waals surface area contributed by atoms with E-state index in [4.69, 9.17) is 0 Å². The Morgan fingerprint density at radius 2 is 2.19 bits per heavy atom. The number of imide groups is 1. The molecule has 2 aliphatic rings. The van der Waals surface area contributed by atoms with E-state index in [-0.39, 0.29) is 29.7 Å². The van der Waals surface area contributed by atoms with E-state index >= 15 is 0 Å². The molecule has 2 aliphatic heterocycles. The number of nitrogens with zero attached hydrogens (tertiary/aromatic N) is 1. The summed E-state index contributed by atoms with van der Waals surface area (Å²) in [5, 5.41) is 0. The predicted molar refractivity (Wildman–Crippen MR) is 54.2 cm³/mol. The summed E-state index contributed by atoms with van der Waals surface area (Å²) >= 11 is 0. The first-order valence-corrected chi connectivity index (χ1v) is 5.55. The fourth-order valence-corrected chi connectivity index (χ4v) is 2.63. The number of methoxy groups -OCH3 is 1. The van der Waals surface area contributed by atoms with Gasteiger partial charge in [-0.25, -0.2) is 0 Å². The molecule has 0 N–H and O–H groups in total. The molecule has 16 heavy (non-hydrogen) atoms. The van der Waals surface area contributed by atoms with Crippen LogP contribution in [0.15, 0.2) is 0 Å². The molecule has 2 heterocycles. The monoisotopic (exact) mass is 225 g/mol. The van der Waals surface area contributed by atoms with Gasteiger partial charge in [0.2, 0.25) is 11.8 Å². The van der Waals surface area contributed by atoms with Gasteiger partial charge in [-0.1, -0.05) is 0 Å². The SMILES string of the molecule is COC(=O)CCC1CC(=O)N2C(=O)CCC12. The van der Waals surface area contributed by atoms with Crippen molar-refractivity contribution in [2.75, 3.05) is 7.11 Å². The van der Waals surface area contributed by atoms with Crippen LogP contribution in [0, 0.1) is 5.92 Å². The number of hydrogen-bond donors (Lipinski definition) is 0. The maximum Gasteiger partial charge on any atom is 0.305 e. The summed E-state index contributed by atoms with van der Waals surface area (Å²) in [4.78, 5) is 35.4. The molecule has 2 unspecified atom stereocenters. The molecule has 2 saturated heterocycles. The molecule has 0 aromatic rings. The van der Waals surface area contributed by atoms with Gasteiger partial charge in [0, 0.05) is 25.3 Å². The summed E-state index contributed by atoms with van der Waals surface area (Å²) in [5.41, 5.74) is 0. The Kier molecular flexibility index (Phi) is 2.94. The van der Waals surface area contributed by atoms with Gasteiger partial charge in [-0.05, 0) is 18.8 Å². The molecular weight excluding hydrogens is 210 g/mol. The van der Waals surface area contributed by atoms with Crippen LogP contribution in [0.3, 0.4) is 0 Å². The lowest BCUT2D eigenvalue weighted by Gasteiger charge is -2.17. The molecule has 5 heteroatoms. The van der Waals surface area contributed by atoms with E-state index in [1.165, 1.54) is 12.0 Å². The summed E-state index contributed by atoms with van der Waals surface area (Å²) in [6.07, 6.45) is 2.56. The average Bonchev–Trinajstić information content (AvgIpc) is 2.78. The number of ether oxygens (including phenoxy) is 1. The number of carbonyl (C=O) groups is 3. The second-order valence-corrected chi connectivity index (χ2v) is 4.34. The maximum atomic E-state index is 11.6. The smallest absolute Gasteiger partial charge is 0.305 e. The number of esters is 1. The van der Waals surface area contributed by atoms with Crippen molar-refractivity contribution >= 4 is 17.8 Å². The highest BCUT2D eigenvalue weighted by Crippen LogP contribution is 2.36. The van der Waals surface area contributed by atoms with Crippen LogP contribution in [0.25, 0.3) is 0 Å². The van der Waals surface area contributed by atoms with Gasteiger partial charge in [0.1, 0.15) is 0 Å². The summed E-state index contributed by atoms with van der Waals surface area (Å²) in [6.45, 7) is 0. The first-order valence-electron chi connectivity index (χ1n) is 5.55. The number of rotatable bonds is 3. The molecule has 2 fully saturated rings. The molecule has 0 bridgehead atoms. The van der Waals surface area contributed by atoms with Gasteiger partial charge in [0.05, 0.1) is 7.11 Å². The average molecular weight is 225 g/mol. The molecule has 88 valence electrons. The van der Waals surface area contributed by atoms with Crippen LogP contribution in [0.5, 0.6) is 0 Å². The molecule has 2 atom stereocenters. The van der Waals surface area contributed by atoms with Gasteiger partial charge in [0.25, 0.3) is 0 Å². The summed E-state index contributed by atoms with van der Waals surface area (Å²) in [6, 6.07) is 0.0321. The van der Waals surface area contributed by atoms with Gasteiger partial charge in [-0.15, -0.1) is 0 Å². The molecule has 0 aromatic heterocycles. The van der Waals surface area contributed by atoms with Crippen molar-refractivity contribution in [3.63, 3.8) is 0 Å². The quantitative estimate of drug-likeness (QED) is 0.517. The zero-order valence-electron chi connectivity index (χ0n) is 9.27. The number of hydrogen-bond acceptors (Lipinski definition) is 4. The van der Waals surface area contributed by atoms with Crippen molar-refractivity contribution in [3.05, 3.63) is 0 Å². The van der Waals surface area contributed by atoms with Gasteiger partial charge in [-0.2, -0.15) is 0 Å². The van der Waals surface area contributed by atoms with Gasteiger partial charge in [-0.3, -0.25) is 19.3 Å². The lowest BCUT2D eigenvalue weighted by molar-refractivity contribution is -0.141. The van der Waals surface area contributed by atoms with Crippen molar-refractivity contribution in [1.82, 2.24) is 4.90 Å². The van der Waals surface area contributed by atoms with E-state index in [0.29, 0.717) is 25.7 Å². The Labute approximate surface area is 93.7 Å². The molecule has 0 spiro atoms. The third-order valence-corrected chi connectivity index (χ3v) is 3.45. The van der Waals surface area contributed by atoms with Crippen LogP contribution in [-0.4, -0.2) is 35.8 Å². The highest BCUT2D eigenvalue weighted by molar-refractivity contribution is 5.99. The third kappa shape index (κ3) is 1.81. The van der Waals surface area contributed by atoms with Crippen LogP contribution in [-0.2, 0) is 19.1 Å². The molecule has 2 rings (SSSR count). The molecule has 0 aromatic carbocycles. The molecule has 0 aliphatic carbocycles. The summed E-state index contributed by atoms with van der Waals surface area (Å²) < 4.78 is 4.56. The summed E-state index contributed by atoms with van der Waals surface area (Å²) in [7, 11) is 1.35. The molecule has 0 radical (unpaired) electrons. The van der Waals surface area contributed by atoms with E-state index in [1.54, 1.807) is 0 Å². The second-order valence-electron chi connectivity index (χ2n) is 4.34. The first kappa shape index (κ1) is 11.1. The molecule has 2 amide bonds. The van der Waals surface area contributed by atoms with Crippen molar-refractivity contribution in [3.8, 4) is 0 Å². The fourth-order valence-electron chi connectivity index (χ4n) is 2.63. The minimum absolute atomic E-state index is 0.0321. The minimum Gasteiger partial charge on any atom is -0.469 e. The largest absolute Gasteiger partial charge is 0.469 e. The summed E-state index contributed by atoms with van der Waals surface area (Å²) in [5.74, 6) is -0.258. The maximum absolute atomic E-state index is 11.6. The third-order valence-electron chi connectivity index (χ3n) is 3.45. The van der Waals surface area contributed by atoms with Gasteiger partial charge >= 0.3 is 5.97 Å². The number of carbonyl (C=O) groups excluding carboxylic acids is 3. The van der Waals surface area contributed by atoms with E-state index in [9.17, 15) is 14.4 Å². The highest BCUT2D eigenvalue weighted by Gasteiger charge is 2.46. The van der Waals surface area contributed by atoms with E-state index in [0.717, 1.165) is 6.42 Å². The van der Waals surface area contributed by atoms with Crippen molar-refractivity contribution in [2.24, 2.45) is 5.92 Å². The van der Waals surface area contributed by atoms with E-state index < -0.39 is 0 Å². The van der Waals surface area contributed by atoms with Crippen LogP contribution in [0.4, 0.5) is 0 Å². The Balaban J connectivity index is 1.95. The van der Waals surface area contributed by atoms with E-state index in [1.807, 2.05) is 0 Å². The molecular formula is C11H15NO4. The highest BCUT2D eigenvalue weighted by atomic mass is 16.5. The van der Waals surface area contributed by atoms with Gasteiger partial charge in [0.15, 0.2) is 0 Å². The van der Waals surface area contributed by atoms with Crippen molar-refractivity contribution < 1.29 is 19.1 Å². The first-order chi connectivity index (χ1) is 7.63. The van der Waals surface area contributed by atoms with Crippen LogP contribution < -0.4 is 0 Å². The Morgan fingerprint density at radius 3 is 2.88 bits per heavy atom.